The highest BCUT2D eigenvalue weighted by Crippen LogP contribution is 2.37. The van der Waals surface area contributed by atoms with E-state index in [9.17, 15) is 18.8 Å². The lowest BCUT2D eigenvalue weighted by Crippen LogP contribution is -2.58. The van der Waals surface area contributed by atoms with Crippen LogP contribution in [0.15, 0.2) is 48.5 Å². The third kappa shape index (κ3) is 4.68. The Balaban J connectivity index is 1.54. The number of methoxy groups -OCH3 is 1. The van der Waals surface area contributed by atoms with Crippen LogP contribution in [0.3, 0.4) is 0 Å². The molecule has 0 aliphatic carbocycles. The predicted octanol–water partition coefficient (Wildman–Crippen LogP) is 3.17. The van der Waals surface area contributed by atoms with E-state index in [-0.39, 0.29) is 43.1 Å². The molecule has 2 aliphatic rings. The first kappa shape index (κ1) is 23.9. The third-order valence-electron chi connectivity index (χ3n) is 6.89. The van der Waals surface area contributed by atoms with E-state index in [2.05, 4.69) is 5.32 Å². The van der Waals surface area contributed by atoms with Crippen molar-refractivity contribution >= 4 is 17.8 Å². The number of hydrogen-bond acceptors (Lipinski definition) is 4. The number of halogens is 1. The number of amides is 4. The van der Waals surface area contributed by atoms with Gasteiger partial charge in [-0.1, -0.05) is 29.8 Å². The molecule has 0 spiro atoms. The van der Waals surface area contributed by atoms with Gasteiger partial charge in [-0.3, -0.25) is 14.5 Å². The Kier molecular flexibility index (Phi) is 6.97. The van der Waals surface area contributed by atoms with Gasteiger partial charge in [-0.2, -0.15) is 0 Å². The molecule has 34 heavy (non-hydrogen) atoms. The van der Waals surface area contributed by atoms with E-state index in [1.54, 1.807) is 17.0 Å². The van der Waals surface area contributed by atoms with Gasteiger partial charge in [0.1, 0.15) is 11.4 Å². The molecule has 2 saturated heterocycles. The van der Waals surface area contributed by atoms with Crippen LogP contribution < -0.4 is 5.32 Å². The lowest BCUT2D eigenvalue weighted by molar-refractivity contribution is -0.134. The fraction of sp³-hybridized carbons (Fsp3) is 0.423. The maximum atomic E-state index is 13.6. The summed E-state index contributed by atoms with van der Waals surface area (Å²) in [6.45, 7) is 3.36. The number of aryl methyl sites for hydroxylation is 1. The van der Waals surface area contributed by atoms with Crippen molar-refractivity contribution in [2.24, 2.45) is 5.92 Å². The second kappa shape index (κ2) is 9.93. The molecule has 1 atom stereocenters. The highest BCUT2D eigenvalue weighted by Gasteiger charge is 2.55. The Hall–Kier alpha value is -3.26. The van der Waals surface area contributed by atoms with Gasteiger partial charge in [-0.05, 0) is 55.5 Å². The molecule has 1 N–H and O–H groups in total. The number of nitrogens with one attached hydrogen (secondary N) is 1. The number of hydrogen-bond donors (Lipinski definition) is 1. The fourth-order valence-corrected chi connectivity index (χ4v) is 4.95. The second-order valence-corrected chi connectivity index (χ2v) is 9.09. The molecule has 8 heteroatoms. The molecule has 4 rings (SSSR count). The van der Waals surface area contributed by atoms with Crippen LogP contribution in [0.25, 0.3) is 0 Å². The van der Waals surface area contributed by atoms with Crippen LogP contribution in [0.4, 0.5) is 9.18 Å². The number of likely N-dealkylation sites (tertiary alicyclic amines) is 1. The van der Waals surface area contributed by atoms with Crippen LogP contribution in [0.2, 0.25) is 0 Å². The number of carbonyl (C=O) groups excluding carboxylic acids is 3. The lowest BCUT2D eigenvalue weighted by Gasteiger charge is -2.41. The molecule has 2 fully saturated rings. The van der Waals surface area contributed by atoms with Crippen LogP contribution in [0, 0.1) is 18.7 Å². The molecule has 2 aromatic rings. The van der Waals surface area contributed by atoms with Crippen LogP contribution in [-0.4, -0.2) is 66.5 Å². The largest absolute Gasteiger partial charge is 0.383 e. The Morgan fingerprint density at radius 3 is 2.35 bits per heavy atom. The van der Waals surface area contributed by atoms with E-state index in [0.29, 0.717) is 31.5 Å². The van der Waals surface area contributed by atoms with Crippen molar-refractivity contribution in [2.75, 3.05) is 33.4 Å². The number of benzene rings is 2. The highest BCUT2D eigenvalue weighted by molar-refractivity contribution is 6.07. The predicted molar refractivity (Wildman–Crippen MR) is 125 cm³/mol. The number of ether oxygens (including phenoxy) is 1. The average molecular weight is 468 g/mol. The molecule has 0 unspecified atom stereocenters. The number of rotatable bonds is 7. The van der Waals surface area contributed by atoms with Crippen molar-refractivity contribution in [3.05, 3.63) is 71.0 Å². The molecule has 4 amide bonds. The van der Waals surface area contributed by atoms with E-state index in [1.807, 2.05) is 31.2 Å². The zero-order valence-electron chi connectivity index (χ0n) is 19.6. The van der Waals surface area contributed by atoms with Crippen LogP contribution in [0.5, 0.6) is 0 Å². The van der Waals surface area contributed by atoms with Gasteiger partial charge in [0.25, 0.3) is 11.8 Å². The minimum Gasteiger partial charge on any atom is -0.383 e. The van der Waals surface area contributed by atoms with Gasteiger partial charge in [-0.15, -0.1) is 0 Å². The Bertz CT molecular complexity index is 1050. The van der Waals surface area contributed by atoms with Crippen molar-refractivity contribution in [3.8, 4) is 0 Å². The Labute approximate surface area is 198 Å². The molecule has 2 aliphatic heterocycles. The summed E-state index contributed by atoms with van der Waals surface area (Å²) in [7, 11) is 1.52. The van der Waals surface area contributed by atoms with Gasteiger partial charge < -0.3 is 15.0 Å². The number of piperidine rings is 1. The smallest absolute Gasteiger partial charge is 0.325 e. The Morgan fingerprint density at radius 2 is 1.74 bits per heavy atom. The van der Waals surface area contributed by atoms with Gasteiger partial charge in [0, 0.05) is 32.2 Å². The van der Waals surface area contributed by atoms with Gasteiger partial charge in [-0.25, -0.2) is 9.18 Å². The Morgan fingerprint density at radius 1 is 1.09 bits per heavy atom. The zero-order valence-corrected chi connectivity index (χ0v) is 19.6. The summed E-state index contributed by atoms with van der Waals surface area (Å²) in [4.78, 5) is 42.4. The van der Waals surface area contributed by atoms with Crippen molar-refractivity contribution < 1.29 is 23.5 Å². The minimum absolute atomic E-state index is 0.0328. The van der Waals surface area contributed by atoms with Crippen molar-refractivity contribution in [2.45, 2.75) is 31.7 Å². The van der Waals surface area contributed by atoms with Crippen LogP contribution >= 0.6 is 0 Å². The SMILES string of the molecule is COCCN1C(=O)N[C@@](Cc2ccc(F)cc2)(C2CCN(C(=O)c3ccc(C)cc3)CC2)C1=O. The molecule has 2 heterocycles. The zero-order chi connectivity index (χ0) is 24.3. The molecular weight excluding hydrogens is 437 g/mol. The molecule has 180 valence electrons. The monoisotopic (exact) mass is 467 g/mol. The third-order valence-corrected chi connectivity index (χ3v) is 6.89. The van der Waals surface area contributed by atoms with Crippen molar-refractivity contribution in [1.29, 1.82) is 0 Å². The molecule has 0 aromatic heterocycles. The quantitative estimate of drug-likeness (QED) is 0.635. The van der Waals surface area contributed by atoms with E-state index in [0.717, 1.165) is 11.1 Å². The number of imide groups is 1. The molecule has 0 radical (unpaired) electrons. The molecule has 0 bridgehead atoms. The summed E-state index contributed by atoms with van der Waals surface area (Å²) in [5.74, 6) is -0.843. The summed E-state index contributed by atoms with van der Waals surface area (Å²) in [6.07, 6.45) is 1.41. The molecule has 2 aromatic carbocycles. The molecule has 0 saturated carbocycles. The number of urea groups is 1. The fourth-order valence-electron chi connectivity index (χ4n) is 4.95. The van der Waals surface area contributed by atoms with Gasteiger partial charge in [0.2, 0.25) is 0 Å². The molecule has 7 nitrogen and oxygen atoms in total. The first-order chi connectivity index (χ1) is 16.3. The van der Waals surface area contributed by atoms with Crippen molar-refractivity contribution in [1.82, 2.24) is 15.1 Å². The molecular formula is C26H30FN3O4. The highest BCUT2D eigenvalue weighted by atomic mass is 19.1. The average Bonchev–Trinajstić information content (AvgIpc) is 3.08. The second-order valence-electron chi connectivity index (χ2n) is 9.09. The number of nitrogens with zero attached hydrogens (tertiary/aromatic N) is 2. The first-order valence-electron chi connectivity index (χ1n) is 11.6. The van der Waals surface area contributed by atoms with E-state index in [1.165, 1.54) is 24.1 Å². The van der Waals surface area contributed by atoms with E-state index in [4.69, 9.17) is 4.74 Å². The summed E-state index contributed by atoms with van der Waals surface area (Å²) >= 11 is 0. The van der Waals surface area contributed by atoms with Gasteiger partial charge in [0.05, 0.1) is 13.2 Å². The van der Waals surface area contributed by atoms with Crippen LogP contribution in [0.1, 0.15) is 34.3 Å². The summed E-state index contributed by atoms with van der Waals surface area (Å²) in [5.41, 5.74) is 1.36. The summed E-state index contributed by atoms with van der Waals surface area (Å²) in [6, 6.07) is 13.0. The topological polar surface area (TPSA) is 79.0 Å². The normalized spacial score (nSPS) is 21.1. The van der Waals surface area contributed by atoms with Gasteiger partial charge in [0.15, 0.2) is 0 Å². The first-order valence-corrected chi connectivity index (χ1v) is 11.6. The van der Waals surface area contributed by atoms with E-state index >= 15 is 0 Å². The minimum atomic E-state index is -1.14. The maximum Gasteiger partial charge on any atom is 0.325 e. The van der Waals surface area contributed by atoms with E-state index < -0.39 is 11.6 Å². The maximum absolute atomic E-state index is 13.6. The van der Waals surface area contributed by atoms with Crippen LogP contribution in [-0.2, 0) is 16.0 Å². The summed E-state index contributed by atoms with van der Waals surface area (Å²) in [5, 5.41) is 2.98. The van der Waals surface area contributed by atoms with Crippen molar-refractivity contribution in [3.63, 3.8) is 0 Å². The summed E-state index contributed by atoms with van der Waals surface area (Å²) < 4.78 is 18.6. The standard InChI is InChI=1S/C26H30FN3O4/c1-18-3-7-20(8-4-18)23(31)29-13-11-21(12-14-29)26(17-19-5-9-22(27)10-6-19)24(32)30(15-16-34-2)25(33)28-26/h3-10,21H,11-17H2,1-2H3,(H,28,33)/t26-/m0/s1. The van der Waals surface area contributed by atoms with Gasteiger partial charge >= 0.3 is 6.03 Å². The lowest BCUT2D eigenvalue weighted by atomic mass is 9.74. The number of carbonyl (C=O) groups is 3.